The van der Waals surface area contributed by atoms with Crippen molar-refractivity contribution >= 4 is 53.3 Å². The van der Waals surface area contributed by atoms with E-state index in [4.69, 9.17) is 15.0 Å². The van der Waals surface area contributed by atoms with Crippen LogP contribution in [0, 0.1) is 0 Å². The molecule has 8 aromatic carbocycles. The fraction of sp³-hybridized carbons (Fsp3) is 0. The number of nitrogens with zero attached hydrogens (tertiary/aromatic N) is 4. The summed E-state index contributed by atoms with van der Waals surface area (Å²) in [6.07, 6.45) is 0. The smallest absolute Gasteiger partial charge is 0.238 e. The Morgan fingerprint density at radius 2 is 0.839 bits per heavy atom. The number of hydrogen-bond donors (Lipinski definition) is 0. The van der Waals surface area contributed by atoms with Crippen molar-refractivity contribution < 1.29 is 0 Å². The summed E-state index contributed by atoms with van der Waals surface area (Å²) in [5.41, 5.74) is 11.0. The third-order valence-electron chi connectivity index (χ3n) is 10.7. The molecule has 3 heterocycles. The van der Waals surface area contributed by atoms with Gasteiger partial charge in [-0.2, -0.15) is 9.97 Å². The average molecular weight is 733 g/mol. The highest BCUT2D eigenvalue weighted by Crippen LogP contribution is 2.42. The lowest BCUT2D eigenvalue weighted by atomic mass is 9.97. The predicted octanol–water partition coefficient (Wildman–Crippen LogP) is 13.7. The maximum absolute atomic E-state index is 5.25. The molecular formula is C51H32N4S. The predicted molar refractivity (Wildman–Crippen MR) is 234 cm³/mol. The summed E-state index contributed by atoms with van der Waals surface area (Å²) in [6, 6.07) is 68.5. The molecular weight excluding hydrogens is 701 g/mol. The first-order valence-corrected chi connectivity index (χ1v) is 19.6. The van der Waals surface area contributed by atoms with Crippen molar-refractivity contribution in [1.82, 2.24) is 19.5 Å². The molecule has 0 amide bonds. The van der Waals surface area contributed by atoms with Crippen LogP contribution in [0.15, 0.2) is 194 Å². The zero-order chi connectivity index (χ0) is 37.0. The van der Waals surface area contributed by atoms with E-state index in [1.807, 2.05) is 35.6 Å². The number of benzene rings is 8. The van der Waals surface area contributed by atoms with Crippen LogP contribution in [0.5, 0.6) is 0 Å². The third kappa shape index (κ3) is 5.40. The lowest BCUT2D eigenvalue weighted by Crippen LogP contribution is -2.07. The van der Waals surface area contributed by atoms with E-state index >= 15 is 0 Å². The second-order valence-electron chi connectivity index (χ2n) is 14.0. The lowest BCUT2D eigenvalue weighted by molar-refractivity contribution is 0.954. The minimum absolute atomic E-state index is 0.577. The number of aromatic nitrogens is 4. The molecule has 3 aromatic heterocycles. The van der Waals surface area contributed by atoms with Crippen molar-refractivity contribution in [1.29, 1.82) is 0 Å². The number of thiophene rings is 1. The van der Waals surface area contributed by atoms with Crippen LogP contribution >= 0.6 is 11.3 Å². The van der Waals surface area contributed by atoms with Crippen LogP contribution < -0.4 is 0 Å². The quantitative estimate of drug-likeness (QED) is 0.171. The van der Waals surface area contributed by atoms with Gasteiger partial charge in [0.15, 0.2) is 11.6 Å². The molecule has 0 saturated heterocycles. The van der Waals surface area contributed by atoms with Crippen molar-refractivity contribution in [2.24, 2.45) is 0 Å². The molecule has 0 atom stereocenters. The SMILES string of the molecule is c1ccc(-c2ccc(-c3nc(-c4ccccc4)nc(-n4c5ccccc5c5cccc(-c6ccc(-c7cccc8c7sc7ccccc78)cc6)c54)n3)cc2)cc1. The summed E-state index contributed by atoms with van der Waals surface area (Å²) >= 11 is 1.86. The molecule has 0 saturated carbocycles. The number of para-hydroxylation sites is 2. The van der Waals surface area contributed by atoms with Crippen molar-refractivity contribution in [3.8, 4) is 62.1 Å². The molecule has 0 aliphatic heterocycles. The fourth-order valence-corrected chi connectivity index (χ4v) is 9.25. The molecule has 0 bridgehead atoms. The van der Waals surface area contributed by atoms with Crippen LogP contribution in [0.2, 0.25) is 0 Å². The Balaban J connectivity index is 1.09. The van der Waals surface area contributed by atoms with Crippen LogP contribution in [0.1, 0.15) is 0 Å². The summed E-state index contributed by atoms with van der Waals surface area (Å²) in [5.74, 6) is 1.82. The van der Waals surface area contributed by atoms with Gasteiger partial charge in [-0.15, -0.1) is 11.3 Å². The third-order valence-corrected chi connectivity index (χ3v) is 11.9. The number of rotatable bonds is 6. The van der Waals surface area contributed by atoms with Crippen molar-refractivity contribution in [3.63, 3.8) is 0 Å². The van der Waals surface area contributed by atoms with Crippen LogP contribution in [0.25, 0.3) is 104 Å². The van der Waals surface area contributed by atoms with E-state index in [9.17, 15) is 0 Å². The Morgan fingerprint density at radius 3 is 1.57 bits per heavy atom. The van der Waals surface area contributed by atoms with Gasteiger partial charge in [0, 0.05) is 47.6 Å². The summed E-state index contributed by atoms with van der Waals surface area (Å²) in [5, 5.41) is 4.91. The molecule has 4 nitrogen and oxygen atoms in total. The summed E-state index contributed by atoms with van der Waals surface area (Å²) < 4.78 is 4.85. The molecule has 0 radical (unpaired) electrons. The molecule has 0 fully saturated rings. The summed E-state index contributed by atoms with van der Waals surface area (Å²) in [6.45, 7) is 0. The zero-order valence-electron chi connectivity index (χ0n) is 30.2. The molecule has 56 heavy (non-hydrogen) atoms. The average Bonchev–Trinajstić information content (AvgIpc) is 3.83. The van der Waals surface area contributed by atoms with Gasteiger partial charge in [-0.05, 0) is 39.9 Å². The van der Waals surface area contributed by atoms with Crippen LogP contribution in [0.4, 0.5) is 0 Å². The van der Waals surface area contributed by atoms with E-state index in [0.29, 0.717) is 17.6 Å². The van der Waals surface area contributed by atoms with E-state index in [-0.39, 0.29) is 0 Å². The van der Waals surface area contributed by atoms with Crippen molar-refractivity contribution in [2.75, 3.05) is 0 Å². The van der Waals surface area contributed by atoms with Crippen molar-refractivity contribution in [2.45, 2.75) is 0 Å². The summed E-state index contributed by atoms with van der Waals surface area (Å²) in [7, 11) is 0. The second kappa shape index (κ2) is 13.3. The highest BCUT2D eigenvalue weighted by Gasteiger charge is 2.21. The maximum Gasteiger partial charge on any atom is 0.238 e. The molecule has 11 aromatic rings. The van der Waals surface area contributed by atoms with E-state index in [0.717, 1.165) is 49.6 Å². The normalized spacial score (nSPS) is 11.6. The van der Waals surface area contributed by atoms with Gasteiger partial charge in [-0.25, -0.2) is 4.98 Å². The van der Waals surface area contributed by atoms with E-state index < -0.39 is 0 Å². The summed E-state index contributed by atoms with van der Waals surface area (Å²) in [4.78, 5) is 15.5. The van der Waals surface area contributed by atoms with Gasteiger partial charge in [0.1, 0.15) is 0 Å². The lowest BCUT2D eigenvalue weighted by Gasteiger charge is -2.13. The molecule has 0 spiro atoms. The van der Waals surface area contributed by atoms with E-state index in [1.165, 1.54) is 36.9 Å². The van der Waals surface area contributed by atoms with Crippen LogP contribution in [0.3, 0.4) is 0 Å². The molecule has 0 aliphatic rings. The minimum Gasteiger partial charge on any atom is -0.277 e. The first kappa shape index (κ1) is 32.2. The van der Waals surface area contributed by atoms with Gasteiger partial charge in [-0.1, -0.05) is 182 Å². The maximum atomic E-state index is 5.25. The second-order valence-corrected chi connectivity index (χ2v) is 15.1. The van der Waals surface area contributed by atoms with Gasteiger partial charge in [0.2, 0.25) is 5.95 Å². The number of hydrogen-bond acceptors (Lipinski definition) is 4. The monoisotopic (exact) mass is 732 g/mol. The van der Waals surface area contributed by atoms with Gasteiger partial charge < -0.3 is 0 Å². The zero-order valence-corrected chi connectivity index (χ0v) is 31.0. The Morgan fingerprint density at radius 1 is 0.339 bits per heavy atom. The molecule has 0 aliphatic carbocycles. The Hall–Kier alpha value is -7.21. The van der Waals surface area contributed by atoms with Crippen molar-refractivity contribution in [3.05, 3.63) is 194 Å². The Bertz CT molecular complexity index is 3220. The minimum atomic E-state index is 0.577. The van der Waals surface area contributed by atoms with Gasteiger partial charge in [0.05, 0.1) is 11.0 Å². The van der Waals surface area contributed by atoms with E-state index in [1.54, 1.807) is 0 Å². The molecule has 0 N–H and O–H groups in total. The highest BCUT2D eigenvalue weighted by atomic mass is 32.1. The first-order valence-electron chi connectivity index (χ1n) is 18.8. The highest BCUT2D eigenvalue weighted by molar-refractivity contribution is 7.26. The van der Waals surface area contributed by atoms with Gasteiger partial charge in [-0.3, -0.25) is 4.57 Å². The van der Waals surface area contributed by atoms with Crippen LogP contribution in [-0.2, 0) is 0 Å². The first-order chi connectivity index (χ1) is 27.8. The van der Waals surface area contributed by atoms with Crippen LogP contribution in [-0.4, -0.2) is 19.5 Å². The molecule has 262 valence electrons. The van der Waals surface area contributed by atoms with Gasteiger partial charge in [0.25, 0.3) is 0 Å². The van der Waals surface area contributed by atoms with Gasteiger partial charge >= 0.3 is 0 Å². The molecule has 0 unspecified atom stereocenters. The largest absolute Gasteiger partial charge is 0.277 e. The van der Waals surface area contributed by atoms with E-state index in [2.05, 4.69) is 174 Å². The molecule has 5 heteroatoms. The fourth-order valence-electron chi connectivity index (χ4n) is 8.02. The standard InChI is InChI=1S/C51H32N4S/c1-3-13-33(14-4-1)34-25-31-38(32-26-34)50-52-49(37-15-5-2-6-16-37)53-51(54-50)55-45-23-9-7-17-41(45)43-21-11-19-39(47(43)55)35-27-29-36(30-28-35)40-20-12-22-44-42-18-8-10-24-46(42)56-48(40)44/h1-32H. The topological polar surface area (TPSA) is 43.6 Å². The Labute approximate surface area is 327 Å². The number of fused-ring (bicyclic) bond motifs is 6. The Kier molecular flexibility index (Phi) is 7.64. The molecule has 11 rings (SSSR count).